The minimum atomic E-state index is -0.979. The third-order valence-electron chi connectivity index (χ3n) is 10.4. The number of nitrogen functional groups attached to an aromatic ring is 1. The maximum atomic E-state index is 17.0. The standard InChI is InChI=1S/C37H31ClF4N6O3S/c38-26-14-24-31(30(42)29(26)23-6-7-27(41)32-28(23)25(16-43)33(44)52-32)45-36(50-18-37-10-1-11-48(37)17-21(40)15-37)46-34(24)47-12-8-19(9-13-47)35(49)51-22-4-2-20(39)3-5-22/h2-7,14,19,21H,1,8-13,15,17-18,44H2/t21-,37+/m1/s1. The van der Waals surface area contributed by atoms with E-state index in [4.69, 9.17) is 31.8 Å². The van der Waals surface area contributed by atoms with Crippen molar-refractivity contribution in [3.63, 3.8) is 0 Å². The zero-order valence-electron chi connectivity index (χ0n) is 27.6. The quantitative estimate of drug-likeness (QED) is 0.101. The van der Waals surface area contributed by atoms with Crippen molar-refractivity contribution < 1.29 is 31.8 Å². The molecule has 0 radical (unpaired) electrons. The molecule has 3 saturated heterocycles. The SMILES string of the molecule is N#Cc1c(N)sc2c(F)ccc(-c3c(Cl)cc4c(N5CCC(C(=O)Oc6ccc(F)cc6)CC5)nc(OC[C@@]56CCCN5C[C@H](F)C6)nc4c3F)c12. The fraction of sp³-hybridized carbons (Fsp3) is 0.351. The lowest BCUT2D eigenvalue weighted by Crippen LogP contribution is -2.43. The molecule has 2 atom stereocenters. The first-order valence-corrected chi connectivity index (χ1v) is 18.1. The molecule has 0 spiro atoms. The monoisotopic (exact) mass is 750 g/mol. The van der Waals surface area contributed by atoms with Gasteiger partial charge in [-0.2, -0.15) is 15.2 Å². The van der Waals surface area contributed by atoms with Crippen LogP contribution in [0.4, 0.5) is 28.4 Å². The maximum Gasteiger partial charge on any atom is 0.319 e. The van der Waals surface area contributed by atoms with Gasteiger partial charge >= 0.3 is 12.0 Å². The van der Waals surface area contributed by atoms with E-state index in [0.717, 1.165) is 30.7 Å². The van der Waals surface area contributed by atoms with Gasteiger partial charge in [0.25, 0.3) is 0 Å². The van der Waals surface area contributed by atoms with Crippen molar-refractivity contribution in [3.05, 3.63) is 70.5 Å². The summed E-state index contributed by atoms with van der Waals surface area (Å²) in [6.07, 6.45) is 1.75. The first-order valence-electron chi connectivity index (χ1n) is 16.9. The summed E-state index contributed by atoms with van der Waals surface area (Å²) in [5.74, 6) is -2.21. The Hall–Kier alpha value is -4.71. The molecule has 0 bridgehead atoms. The highest BCUT2D eigenvalue weighted by molar-refractivity contribution is 7.23. The van der Waals surface area contributed by atoms with Gasteiger partial charge in [-0.05, 0) is 74.2 Å². The van der Waals surface area contributed by atoms with Gasteiger partial charge in [0, 0.05) is 42.4 Å². The molecule has 2 N–H and O–H groups in total. The van der Waals surface area contributed by atoms with Crippen molar-refractivity contribution in [1.82, 2.24) is 14.9 Å². The van der Waals surface area contributed by atoms with Crippen molar-refractivity contribution in [1.29, 1.82) is 5.26 Å². The van der Waals surface area contributed by atoms with Crippen LogP contribution in [0.5, 0.6) is 11.8 Å². The fourth-order valence-corrected chi connectivity index (χ4v) is 9.14. The highest BCUT2D eigenvalue weighted by Gasteiger charge is 2.49. The number of esters is 1. The third-order valence-corrected chi connectivity index (χ3v) is 11.8. The van der Waals surface area contributed by atoms with Gasteiger partial charge in [0.05, 0.1) is 26.7 Å². The molecular weight excluding hydrogens is 720 g/mol. The van der Waals surface area contributed by atoms with Crippen LogP contribution in [0.15, 0.2) is 42.5 Å². The van der Waals surface area contributed by atoms with Gasteiger partial charge in [-0.1, -0.05) is 17.7 Å². The van der Waals surface area contributed by atoms with Crippen molar-refractivity contribution >= 4 is 60.7 Å². The fourth-order valence-electron chi connectivity index (χ4n) is 7.90. The Kier molecular flexibility index (Phi) is 8.84. The van der Waals surface area contributed by atoms with Gasteiger partial charge in [0.15, 0.2) is 5.82 Å². The van der Waals surface area contributed by atoms with Crippen LogP contribution in [0.25, 0.3) is 32.1 Å². The van der Waals surface area contributed by atoms with Crippen molar-refractivity contribution in [3.8, 4) is 29.0 Å². The van der Waals surface area contributed by atoms with Crippen molar-refractivity contribution in [2.24, 2.45) is 5.92 Å². The second-order valence-electron chi connectivity index (χ2n) is 13.5. The molecule has 5 aromatic rings. The molecule has 0 aliphatic carbocycles. The molecule has 0 amide bonds. The number of carbonyl (C=O) groups is 1. The number of carbonyl (C=O) groups excluding carboxylic acids is 1. The first-order chi connectivity index (χ1) is 25.0. The number of piperidine rings is 1. The molecule has 52 heavy (non-hydrogen) atoms. The molecule has 5 heterocycles. The number of anilines is 2. The Labute approximate surface area is 304 Å². The van der Waals surface area contributed by atoms with Crippen LogP contribution >= 0.6 is 22.9 Å². The van der Waals surface area contributed by atoms with E-state index in [-0.39, 0.29) is 66.1 Å². The van der Waals surface area contributed by atoms with Crippen LogP contribution in [-0.2, 0) is 4.79 Å². The van der Waals surface area contributed by atoms with Gasteiger partial charge < -0.3 is 20.1 Å². The lowest BCUT2D eigenvalue weighted by atomic mass is 9.95. The molecular formula is C37H31ClF4N6O3S. The van der Waals surface area contributed by atoms with Gasteiger partial charge in [-0.15, -0.1) is 11.3 Å². The predicted molar refractivity (Wildman–Crippen MR) is 190 cm³/mol. The van der Waals surface area contributed by atoms with Crippen molar-refractivity contribution in [2.45, 2.75) is 43.8 Å². The van der Waals surface area contributed by atoms with Crippen LogP contribution in [-0.4, -0.2) is 65.3 Å². The van der Waals surface area contributed by atoms with E-state index in [9.17, 15) is 23.2 Å². The van der Waals surface area contributed by atoms with E-state index in [1.54, 1.807) is 0 Å². The van der Waals surface area contributed by atoms with Crippen molar-refractivity contribution in [2.75, 3.05) is 43.4 Å². The molecule has 0 saturated carbocycles. The average molecular weight is 751 g/mol. The van der Waals surface area contributed by atoms with Gasteiger partial charge in [-0.3, -0.25) is 9.69 Å². The summed E-state index contributed by atoms with van der Waals surface area (Å²) in [5.41, 5.74) is 5.52. The highest BCUT2D eigenvalue weighted by atomic mass is 35.5. The number of alkyl halides is 1. The molecule has 268 valence electrons. The van der Waals surface area contributed by atoms with E-state index in [0.29, 0.717) is 44.7 Å². The lowest BCUT2D eigenvalue weighted by molar-refractivity contribution is -0.139. The molecule has 3 aromatic carbocycles. The van der Waals surface area contributed by atoms with Crippen LogP contribution in [0.3, 0.4) is 0 Å². The Balaban J connectivity index is 1.18. The summed E-state index contributed by atoms with van der Waals surface area (Å²) < 4.78 is 71.6. The minimum absolute atomic E-state index is 0.0152. The van der Waals surface area contributed by atoms with Gasteiger partial charge in [0.1, 0.15) is 52.6 Å². The number of hydrogen-bond acceptors (Lipinski definition) is 10. The zero-order valence-corrected chi connectivity index (χ0v) is 29.2. The maximum absolute atomic E-state index is 17.0. The summed E-state index contributed by atoms with van der Waals surface area (Å²) in [6, 6.07) is 11.2. The van der Waals surface area contributed by atoms with Crippen LogP contribution < -0.4 is 20.1 Å². The molecule has 8 rings (SSSR count). The topological polar surface area (TPSA) is 118 Å². The second-order valence-corrected chi connectivity index (χ2v) is 15.0. The number of hydrogen-bond donors (Lipinski definition) is 1. The summed E-state index contributed by atoms with van der Waals surface area (Å²) in [5, 5.41) is 10.4. The number of ether oxygens (including phenoxy) is 2. The number of rotatable bonds is 7. The summed E-state index contributed by atoms with van der Waals surface area (Å²) in [7, 11) is 0. The number of nitrogens with two attached hydrogens (primary N) is 1. The average Bonchev–Trinajstić information content (AvgIpc) is 3.78. The number of aromatic nitrogens is 2. The van der Waals surface area contributed by atoms with Crippen LogP contribution in [0.1, 0.15) is 37.7 Å². The first kappa shape index (κ1) is 34.4. The zero-order chi connectivity index (χ0) is 36.3. The number of nitrogens with zero attached hydrogens (tertiary/aromatic N) is 5. The Morgan fingerprint density at radius 3 is 2.63 bits per heavy atom. The van der Waals surface area contributed by atoms with E-state index >= 15 is 4.39 Å². The van der Waals surface area contributed by atoms with E-state index in [1.807, 2.05) is 11.0 Å². The number of thiophene rings is 1. The third kappa shape index (κ3) is 5.94. The number of halogens is 5. The smallest absolute Gasteiger partial charge is 0.319 e. The molecule has 3 aliphatic heterocycles. The summed E-state index contributed by atoms with van der Waals surface area (Å²) in [4.78, 5) is 26.2. The van der Waals surface area contributed by atoms with Gasteiger partial charge in [-0.25, -0.2) is 17.6 Å². The Morgan fingerprint density at radius 2 is 1.88 bits per heavy atom. The normalized spacial score (nSPS) is 20.8. The number of fused-ring (bicyclic) bond motifs is 3. The number of benzene rings is 3. The Bertz CT molecular complexity index is 2280. The summed E-state index contributed by atoms with van der Waals surface area (Å²) >= 11 is 7.72. The molecule has 2 aromatic heterocycles. The van der Waals surface area contributed by atoms with E-state index in [1.165, 1.54) is 42.5 Å². The highest BCUT2D eigenvalue weighted by Crippen LogP contribution is 2.46. The lowest BCUT2D eigenvalue weighted by Gasteiger charge is -2.33. The molecule has 0 unspecified atom stereocenters. The largest absolute Gasteiger partial charge is 0.461 e. The molecule has 15 heteroatoms. The van der Waals surface area contributed by atoms with Crippen LogP contribution in [0, 0.1) is 34.7 Å². The second kappa shape index (κ2) is 13.4. The molecule has 3 fully saturated rings. The predicted octanol–water partition coefficient (Wildman–Crippen LogP) is 7.81. The summed E-state index contributed by atoms with van der Waals surface area (Å²) in [6.45, 7) is 1.87. The van der Waals surface area contributed by atoms with E-state index in [2.05, 4.69) is 9.88 Å². The molecule has 3 aliphatic rings. The van der Waals surface area contributed by atoms with Gasteiger partial charge in [0.2, 0.25) is 0 Å². The Morgan fingerprint density at radius 1 is 1.12 bits per heavy atom. The van der Waals surface area contributed by atoms with E-state index < -0.39 is 41.0 Å². The number of nitriles is 1. The minimum Gasteiger partial charge on any atom is -0.461 e. The molecule has 9 nitrogen and oxygen atoms in total. The van der Waals surface area contributed by atoms with Crippen LogP contribution in [0.2, 0.25) is 5.02 Å².